The predicted octanol–water partition coefficient (Wildman–Crippen LogP) is 0.525. The number of rotatable bonds is 5. The molecule has 1 aromatic carbocycles. The van der Waals surface area contributed by atoms with Crippen LogP contribution < -0.4 is 5.73 Å². The van der Waals surface area contributed by atoms with Gasteiger partial charge in [0.2, 0.25) is 0 Å². The average molecular weight is 277 g/mol. The van der Waals surface area contributed by atoms with Gasteiger partial charge in [-0.2, -0.15) is 0 Å². The Balaban J connectivity index is 1.85. The first-order chi connectivity index (χ1) is 9.60. The zero-order valence-corrected chi connectivity index (χ0v) is 12.0. The summed E-state index contributed by atoms with van der Waals surface area (Å²) in [5.41, 5.74) is 8.11. The maximum atomic E-state index is 11.1. The second-order valence-corrected chi connectivity index (χ2v) is 5.39. The number of hydrogen-bond acceptors (Lipinski definition) is 4. The first-order valence-electron chi connectivity index (χ1n) is 7.05. The minimum absolute atomic E-state index is 0.174. The van der Waals surface area contributed by atoms with Crippen molar-refractivity contribution in [2.24, 2.45) is 5.73 Å². The van der Waals surface area contributed by atoms with Crippen LogP contribution in [0.2, 0.25) is 0 Å². The Kier molecular flexibility index (Phi) is 5.11. The molecular weight excluding hydrogens is 254 g/mol. The Hall–Kier alpha value is -1.43. The fourth-order valence-corrected chi connectivity index (χ4v) is 2.59. The average Bonchev–Trinajstić information content (AvgIpc) is 2.44. The maximum absolute atomic E-state index is 11.1. The van der Waals surface area contributed by atoms with Gasteiger partial charge in [0.25, 0.3) is 0 Å². The number of nitrogens with zero attached hydrogens (tertiary/aromatic N) is 2. The number of carboxylic acids is 1. The van der Waals surface area contributed by atoms with Crippen LogP contribution in [0.5, 0.6) is 0 Å². The minimum Gasteiger partial charge on any atom is -0.480 e. The van der Waals surface area contributed by atoms with Gasteiger partial charge in [0, 0.05) is 39.3 Å². The molecule has 3 N–H and O–H groups in total. The lowest BCUT2D eigenvalue weighted by atomic mass is 10.1. The van der Waals surface area contributed by atoms with E-state index >= 15 is 0 Å². The molecule has 1 saturated heterocycles. The third-order valence-corrected chi connectivity index (χ3v) is 3.88. The van der Waals surface area contributed by atoms with Crippen LogP contribution in [0.15, 0.2) is 24.3 Å². The molecule has 0 aliphatic carbocycles. The molecule has 1 aliphatic rings. The first kappa shape index (κ1) is 15.0. The molecular formula is C15H23N3O2. The molecule has 0 radical (unpaired) electrons. The predicted molar refractivity (Wildman–Crippen MR) is 78.5 cm³/mol. The van der Waals surface area contributed by atoms with E-state index in [0.717, 1.165) is 32.7 Å². The highest BCUT2D eigenvalue weighted by Gasteiger charge is 2.27. The van der Waals surface area contributed by atoms with Crippen molar-refractivity contribution < 1.29 is 9.90 Å². The molecule has 0 spiro atoms. The van der Waals surface area contributed by atoms with E-state index in [1.54, 1.807) is 0 Å². The number of aryl methyl sites for hydroxylation is 1. The van der Waals surface area contributed by atoms with Crippen molar-refractivity contribution in [1.29, 1.82) is 0 Å². The van der Waals surface area contributed by atoms with Gasteiger partial charge in [-0.3, -0.25) is 14.6 Å². The van der Waals surface area contributed by atoms with Gasteiger partial charge in [-0.05, 0) is 12.5 Å². The summed E-state index contributed by atoms with van der Waals surface area (Å²) < 4.78 is 0. The van der Waals surface area contributed by atoms with Crippen LogP contribution in [0.1, 0.15) is 11.1 Å². The molecule has 110 valence electrons. The van der Waals surface area contributed by atoms with Crippen molar-refractivity contribution in [3.05, 3.63) is 35.4 Å². The molecule has 5 heteroatoms. The van der Waals surface area contributed by atoms with Crippen LogP contribution >= 0.6 is 0 Å². The van der Waals surface area contributed by atoms with Crippen molar-refractivity contribution in [3.63, 3.8) is 0 Å². The largest absolute Gasteiger partial charge is 0.480 e. The SMILES string of the molecule is Cc1ccc(CN2CCN(C(CN)C(=O)O)CC2)cc1. The molecule has 0 amide bonds. The lowest BCUT2D eigenvalue weighted by molar-refractivity contribution is -0.143. The van der Waals surface area contributed by atoms with Gasteiger partial charge in [-0.1, -0.05) is 29.8 Å². The van der Waals surface area contributed by atoms with Gasteiger partial charge >= 0.3 is 5.97 Å². The molecule has 5 nitrogen and oxygen atoms in total. The van der Waals surface area contributed by atoms with Gasteiger partial charge in [-0.25, -0.2) is 0 Å². The molecule has 0 aromatic heterocycles. The van der Waals surface area contributed by atoms with E-state index < -0.39 is 12.0 Å². The standard InChI is InChI=1S/C15H23N3O2/c1-12-2-4-13(5-3-12)11-17-6-8-18(9-7-17)14(10-16)15(19)20/h2-5,14H,6-11,16H2,1H3,(H,19,20). The van der Waals surface area contributed by atoms with E-state index in [2.05, 4.69) is 36.1 Å². The number of piperazine rings is 1. The van der Waals surface area contributed by atoms with E-state index in [1.165, 1.54) is 11.1 Å². The normalized spacial score (nSPS) is 18.9. The monoisotopic (exact) mass is 277 g/mol. The summed E-state index contributed by atoms with van der Waals surface area (Å²) in [6.07, 6.45) is 0. The van der Waals surface area contributed by atoms with E-state index in [0.29, 0.717) is 0 Å². The van der Waals surface area contributed by atoms with Crippen LogP contribution in [0, 0.1) is 6.92 Å². The highest BCUT2D eigenvalue weighted by molar-refractivity contribution is 5.73. The van der Waals surface area contributed by atoms with Crippen LogP contribution in [-0.4, -0.2) is 59.6 Å². The smallest absolute Gasteiger partial charge is 0.322 e. The summed E-state index contributed by atoms with van der Waals surface area (Å²) >= 11 is 0. The highest BCUT2D eigenvalue weighted by atomic mass is 16.4. The Bertz CT molecular complexity index is 439. The molecule has 1 atom stereocenters. The lowest BCUT2D eigenvalue weighted by Gasteiger charge is -2.37. The number of hydrogen-bond donors (Lipinski definition) is 2. The summed E-state index contributed by atoms with van der Waals surface area (Å²) in [7, 11) is 0. The van der Waals surface area contributed by atoms with Gasteiger partial charge in [-0.15, -0.1) is 0 Å². The second kappa shape index (κ2) is 6.83. The van der Waals surface area contributed by atoms with Crippen LogP contribution in [0.25, 0.3) is 0 Å². The number of benzene rings is 1. The third-order valence-electron chi connectivity index (χ3n) is 3.88. The Morgan fingerprint density at radius 2 is 1.85 bits per heavy atom. The highest BCUT2D eigenvalue weighted by Crippen LogP contribution is 2.11. The van der Waals surface area contributed by atoms with E-state index in [4.69, 9.17) is 10.8 Å². The van der Waals surface area contributed by atoms with E-state index in [1.807, 2.05) is 4.90 Å². The second-order valence-electron chi connectivity index (χ2n) is 5.39. The van der Waals surface area contributed by atoms with Gasteiger partial charge in [0.1, 0.15) is 6.04 Å². The van der Waals surface area contributed by atoms with Crippen molar-refractivity contribution >= 4 is 5.97 Å². The Morgan fingerprint density at radius 3 is 2.35 bits per heavy atom. The lowest BCUT2D eigenvalue weighted by Crippen LogP contribution is -2.54. The molecule has 1 aromatic rings. The quantitative estimate of drug-likeness (QED) is 0.821. The van der Waals surface area contributed by atoms with Gasteiger partial charge < -0.3 is 10.8 Å². The summed E-state index contributed by atoms with van der Waals surface area (Å²) in [4.78, 5) is 15.4. The summed E-state index contributed by atoms with van der Waals surface area (Å²) in [6, 6.07) is 8.01. The molecule has 0 saturated carbocycles. The summed E-state index contributed by atoms with van der Waals surface area (Å²) in [5.74, 6) is -0.820. The molecule has 2 rings (SSSR count). The minimum atomic E-state index is -0.820. The topological polar surface area (TPSA) is 69.8 Å². The number of carbonyl (C=O) groups is 1. The molecule has 1 fully saturated rings. The van der Waals surface area contributed by atoms with Crippen molar-refractivity contribution in [3.8, 4) is 0 Å². The van der Waals surface area contributed by atoms with E-state index in [9.17, 15) is 4.79 Å². The zero-order valence-electron chi connectivity index (χ0n) is 12.0. The van der Waals surface area contributed by atoms with Crippen molar-refractivity contribution in [2.45, 2.75) is 19.5 Å². The summed E-state index contributed by atoms with van der Waals surface area (Å²) in [5, 5.41) is 9.12. The summed E-state index contributed by atoms with van der Waals surface area (Å²) in [6.45, 7) is 6.48. The number of aliphatic carboxylic acids is 1. The molecule has 1 unspecified atom stereocenters. The van der Waals surface area contributed by atoms with Gasteiger partial charge in [0.15, 0.2) is 0 Å². The first-order valence-corrected chi connectivity index (χ1v) is 7.05. The molecule has 0 bridgehead atoms. The maximum Gasteiger partial charge on any atom is 0.322 e. The molecule has 1 aliphatic heterocycles. The molecule has 1 heterocycles. The fourth-order valence-electron chi connectivity index (χ4n) is 2.59. The zero-order chi connectivity index (χ0) is 14.5. The van der Waals surface area contributed by atoms with Crippen LogP contribution in [0.4, 0.5) is 0 Å². The van der Waals surface area contributed by atoms with E-state index in [-0.39, 0.29) is 6.54 Å². The number of nitrogens with two attached hydrogens (primary N) is 1. The fraction of sp³-hybridized carbons (Fsp3) is 0.533. The van der Waals surface area contributed by atoms with Crippen molar-refractivity contribution in [2.75, 3.05) is 32.7 Å². The van der Waals surface area contributed by atoms with Gasteiger partial charge in [0.05, 0.1) is 0 Å². The van der Waals surface area contributed by atoms with Crippen LogP contribution in [0.3, 0.4) is 0 Å². The molecule has 20 heavy (non-hydrogen) atoms. The van der Waals surface area contributed by atoms with Crippen molar-refractivity contribution in [1.82, 2.24) is 9.80 Å². The Labute approximate surface area is 120 Å². The number of carboxylic acid groups (broad SMARTS) is 1. The third kappa shape index (κ3) is 3.79. The van der Waals surface area contributed by atoms with Crippen LogP contribution in [-0.2, 0) is 11.3 Å². The Morgan fingerprint density at radius 1 is 1.25 bits per heavy atom.